The van der Waals surface area contributed by atoms with E-state index in [1.807, 2.05) is 31.2 Å². The summed E-state index contributed by atoms with van der Waals surface area (Å²) < 4.78 is 98.0. The fourth-order valence-corrected chi connectivity index (χ4v) is 4.46. The van der Waals surface area contributed by atoms with E-state index >= 15 is 0 Å². The summed E-state index contributed by atoms with van der Waals surface area (Å²) in [5, 5.41) is 2.41. The van der Waals surface area contributed by atoms with Crippen molar-refractivity contribution in [3.8, 4) is 11.5 Å². The second-order valence-electron chi connectivity index (χ2n) is 7.36. The number of hydrogen-bond acceptors (Lipinski definition) is 4. The Hall–Kier alpha value is -2.94. The predicted molar refractivity (Wildman–Crippen MR) is 115 cm³/mol. The minimum atomic E-state index is -4.72. The topological polar surface area (TPSA) is 56.8 Å². The summed E-state index contributed by atoms with van der Waals surface area (Å²) >= 11 is 0. The Morgan fingerprint density at radius 3 is 2.00 bits per heavy atom. The number of para-hydroxylation sites is 1. The highest BCUT2D eigenvalue weighted by molar-refractivity contribution is 7.52. The second-order valence-corrected chi connectivity index (χ2v) is 8.98. The van der Waals surface area contributed by atoms with Crippen molar-refractivity contribution in [2.45, 2.75) is 26.5 Å². The number of ether oxygens (including phenoxy) is 1. The molecule has 0 aliphatic rings. The molecule has 0 aliphatic carbocycles. The molecule has 34 heavy (non-hydrogen) atoms. The molecule has 1 unspecified atom stereocenters. The van der Waals surface area contributed by atoms with E-state index < -0.39 is 48.6 Å². The molecule has 11 heteroatoms. The summed E-state index contributed by atoms with van der Waals surface area (Å²) in [6.45, 7) is 3.60. The molecule has 0 saturated heterocycles. The SMILES string of the molecule is Cc1ccccc1COC[C@H](C)NP(=O)(Oc1ccccc1)Oc1c(F)c(F)c(F)c(F)c1F. The fourth-order valence-electron chi connectivity index (χ4n) is 2.90. The Balaban J connectivity index is 1.81. The van der Waals surface area contributed by atoms with Crippen molar-refractivity contribution in [1.29, 1.82) is 0 Å². The van der Waals surface area contributed by atoms with Crippen LogP contribution < -0.4 is 14.1 Å². The smallest absolute Gasteiger partial charge is 0.405 e. The van der Waals surface area contributed by atoms with E-state index in [1.54, 1.807) is 6.07 Å². The van der Waals surface area contributed by atoms with E-state index in [-0.39, 0.29) is 19.0 Å². The van der Waals surface area contributed by atoms with Crippen molar-refractivity contribution in [2.24, 2.45) is 0 Å². The Morgan fingerprint density at radius 2 is 1.38 bits per heavy atom. The molecule has 0 heterocycles. The molecule has 0 spiro atoms. The van der Waals surface area contributed by atoms with Gasteiger partial charge in [0, 0.05) is 6.04 Å². The zero-order chi connectivity index (χ0) is 24.9. The Morgan fingerprint density at radius 1 is 0.824 bits per heavy atom. The van der Waals surface area contributed by atoms with Gasteiger partial charge < -0.3 is 13.8 Å². The van der Waals surface area contributed by atoms with Gasteiger partial charge >= 0.3 is 7.75 Å². The molecule has 0 amide bonds. The largest absolute Gasteiger partial charge is 0.513 e. The van der Waals surface area contributed by atoms with Crippen LogP contribution in [0.4, 0.5) is 22.0 Å². The minimum absolute atomic E-state index is 0.0322. The second kappa shape index (κ2) is 11.0. The predicted octanol–water partition coefficient (Wildman–Crippen LogP) is 6.45. The molecule has 0 radical (unpaired) electrons. The minimum Gasteiger partial charge on any atom is -0.405 e. The van der Waals surface area contributed by atoms with E-state index in [4.69, 9.17) is 13.8 Å². The summed E-state index contributed by atoms with van der Waals surface area (Å²) in [6, 6.07) is 14.1. The zero-order valence-electron chi connectivity index (χ0n) is 18.2. The van der Waals surface area contributed by atoms with Crippen LogP contribution in [0.1, 0.15) is 18.1 Å². The van der Waals surface area contributed by atoms with E-state index in [0.717, 1.165) is 11.1 Å². The highest BCUT2D eigenvalue weighted by Gasteiger charge is 2.36. The van der Waals surface area contributed by atoms with Gasteiger partial charge in [0.2, 0.25) is 34.8 Å². The van der Waals surface area contributed by atoms with Crippen molar-refractivity contribution in [2.75, 3.05) is 6.61 Å². The van der Waals surface area contributed by atoms with Crippen molar-refractivity contribution in [3.05, 3.63) is 94.8 Å². The third-order valence-electron chi connectivity index (χ3n) is 4.61. The van der Waals surface area contributed by atoms with Gasteiger partial charge in [-0.15, -0.1) is 0 Å². The lowest BCUT2D eigenvalue weighted by molar-refractivity contribution is 0.106. The van der Waals surface area contributed by atoms with Crippen molar-refractivity contribution in [3.63, 3.8) is 0 Å². The first-order valence-corrected chi connectivity index (χ1v) is 11.6. The van der Waals surface area contributed by atoms with Crippen molar-refractivity contribution >= 4 is 7.75 Å². The van der Waals surface area contributed by atoms with Gasteiger partial charge in [-0.25, -0.2) is 17.7 Å². The highest BCUT2D eigenvalue weighted by Crippen LogP contribution is 2.47. The van der Waals surface area contributed by atoms with Crippen molar-refractivity contribution in [1.82, 2.24) is 5.09 Å². The summed E-state index contributed by atoms with van der Waals surface area (Å²) in [7, 11) is -4.72. The lowest BCUT2D eigenvalue weighted by atomic mass is 10.1. The first kappa shape index (κ1) is 25.7. The Labute approximate surface area is 193 Å². The standard InChI is InChI=1S/C23H21F5NO4P/c1-14-8-6-7-9-16(14)13-31-12-15(2)29-34(30,32-17-10-4-3-5-11-17)33-23-21(27)19(25)18(24)20(26)22(23)28/h3-11,15H,12-13H2,1-2H3,(H,29,30)/t15-,34?/m0/s1. The molecule has 0 fully saturated rings. The molecule has 3 aromatic rings. The molecule has 0 aromatic heterocycles. The van der Waals surface area contributed by atoms with Crippen LogP contribution in [0.2, 0.25) is 0 Å². The lowest BCUT2D eigenvalue weighted by Crippen LogP contribution is -2.32. The van der Waals surface area contributed by atoms with E-state index in [9.17, 15) is 26.5 Å². The van der Waals surface area contributed by atoms with Crippen LogP contribution in [-0.4, -0.2) is 12.6 Å². The first-order valence-electron chi connectivity index (χ1n) is 10.1. The zero-order valence-corrected chi connectivity index (χ0v) is 19.1. The highest BCUT2D eigenvalue weighted by atomic mass is 31.2. The van der Waals surface area contributed by atoms with Crippen LogP contribution in [-0.2, 0) is 15.9 Å². The summed E-state index contributed by atoms with van der Waals surface area (Å²) in [4.78, 5) is 0. The molecule has 3 rings (SSSR count). The number of hydrogen-bond donors (Lipinski definition) is 1. The van der Waals surface area contributed by atoms with Gasteiger partial charge in [-0.05, 0) is 37.1 Å². The van der Waals surface area contributed by atoms with Gasteiger partial charge in [0.15, 0.2) is 0 Å². The molecule has 2 atom stereocenters. The molecule has 0 aliphatic heterocycles. The van der Waals surface area contributed by atoms with Crippen LogP contribution in [0.15, 0.2) is 54.6 Å². The summed E-state index contributed by atoms with van der Waals surface area (Å²) in [6.07, 6.45) is 0. The number of benzene rings is 3. The molecular weight excluding hydrogens is 480 g/mol. The molecule has 5 nitrogen and oxygen atoms in total. The normalized spacial score (nSPS) is 13.9. The summed E-state index contributed by atoms with van der Waals surface area (Å²) in [5.74, 6) is -13.2. The third kappa shape index (κ3) is 6.14. The van der Waals surface area contributed by atoms with Gasteiger partial charge in [-0.2, -0.15) is 13.9 Å². The van der Waals surface area contributed by atoms with Crippen LogP contribution in [0, 0.1) is 36.0 Å². The molecule has 3 aromatic carbocycles. The first-order chi connectivity index (χ1) is 16.1. The Bertz CT molecular complexity index is 1170. The third-order valence-corrected chi connectivity index (χ3v) is 6.25. The molecule has 0 saturated carbocycles. The van der Waals surface area contributed by atoms with E-state index in [1.165, 1.54) is 31.2 Å². The average molecular weight is 501 g/mol. The molecule has 0 bridgehead atoms. The number of aryl methyl sites for hydroxylation is 1. The van der Waals surface area contributed by atoms with Gasteiger partial charge in [0.25, 0.3) is 0 Å². The van der Waals surface area contributed by atoms with Crippen molar-refractivity contribution < 1.29 is 40.3 Å². The average Bonchev–Trinajstić information content (AvgIpc) is 2.81. The number of nitrogens with one attached hydrogen (secondary N) is 1. The van der Waals surface area contributed by atoms with Crippen LogP contribution in [0.3, 0.4) is 0 Å². The molecular formula is C23H21F5NO4P. The van der Waals surface area contributed by atoms with Gasteiger partial charge in [0.1, 0.15) is 5.75 Å². The molecule has 182 valence electrons. The Kier molecular flexibility index (Phi) is 8.30. The number of rotatable bonds is 10. The summed E-state index contributed by atoms with van der Waals surface area (Å²) in [5.41, 5.74) is 1.91. The monoisotopic (exact) mass is 501 g/mol. The molecule has 1 N–H and O–H groups in total. The van der Waals surface area contributed by atoms with Crippen LogP contribution >= 0.6 is 7.75 Å². The number of halogens is 5. The van der Waals surface area contributed by atoms with Gasteiger partial charge in [0.05, 0.1) is 13.2 Å². The van der Waals surface area contributed by atoms with Crippen LogP contribution in [0.25, 0.3) is 0 Å². The van der Waals surface area contributed by atoms with Gasteiger partial charge in [-0.3, -0.25) is 0 Å². The van der Waals surface area contributed by atoms with Crippen LogP contribution in [0.5, 0.6) is 11.5 Å². The lowest BCUT2D eigenvalue weighted by Gasteiger charge is -2.24. The quantitative estimate of drug-likeness (QED) is 0.150. The maximum Gasteiger partial charge on any atom is 0.513 e. The van der Waals surface area contributed by atoms with E-state index in [0.29, 0.717) is 0 Å². The van der Waals surface area contributed by atoms with E-state index in [2.05, 4.69) is 5.09 Å². The fraction of sp³-hybridized carbons (Fsp3) is 0.217. The maximum absolute atomic E-state index is 14.2. The maximum atomic E-state index is 14.2. The van der Waals surface area contributed by atoms with Gasteiger partial charge in [-0.1, -0.05) is 42.5 Å².